The van der Waals surface area contributed by atoms with Gasteiger partial charge in [0.1, 0.15) is 10.6 Å². The maximum atomic E-state index is 11.7. The van der Waals surface area contributed by atoms with E-state index < -0.39 is 17.1 Å². The number of hydrogen-bond donors (Lipinski definition) is 0. The van der Waals surface area contributed by atoms with Crippen LogP contribution in [0.5, 0.6) is 0 Å². The van der Waals surface area contributed by atoms with Crippen LogP contribution in [0.4, 0.5) is 0 Å². The summed E-state index contributed by atoms with van der Waals surface area (Å²) in [5, 5.41) is 0.433. The quantitative estimate of drug-likeness (QED) is 0.630. The highest BCUT2D eigenvalue weighted by Crippen LogP contribution is 2.06. The molecule has 2 aromatic heterocycles. The Morgan fingerprint density at radius 2 is 2.24 bits per heavy atom. The standard InChI is InChI=1S/C14H14ClN3O2S/c1-21(20)10-14(19)17-13-4-2-3-7-18(13)9-11-5-6-12(15)16-8-11/h2-8H,9-10H2,1H3/b17-13+. The maximum Gasteiger partial charge on any atom is 0.297 e. The van der Waals surface area contributed by atoms with Gasteiger partial charge in [0.2, 0.25) is 0 Å². The fourth-order valence-electron chi connectivity index (χ4n) is 1.73. The van der Waals surface area contributed by atoms with Gasteiger partial charge in [-0.05, 0) is 34.9 Å². The molecular formula is C14H14ClN3O2S. The van der Waals surface area contributed by atoms with E-state index in [9.17, 15) is 9.35 Å². The average molecular weight is 324 g/mol. The molecule has 7 heteroatoms. The first-order chi connectivity index (χ1) is 10.0. The van der Waals surface area contributed by atoms with Crippen molar-refractivity contribution in [2.45, 2.75) is 6.54 Å². The number of amides is 1. The molecule has 21 heavy (non-hydrogen) atoms. The Morgan fingerprint density at radius 1 is 1.43 bits per heavy atom. The van der Waals surface area contributed by atoms with Gasteiger partial charge in [0.15, 0.2) is 5.75 Å². The van der Waals surface area contributed by atoms with E-state index in [0.717, 1.165) is 5.56 Å². The number of halogens is 1. The molecule has 0 saturated carbocycles. The minimum atomic E-state index is -1.19. The molecule has 0 aliphatic carbocycles. The van der Waals surface area contributed by atoms with Gasteiger partial charge in [-0.25, -0.2) is 4.98 Å². The van der Waals surface area contributed by atoms with E-state index in [0.29, 0.717) is 17.2 Å². The third-order valence-corrected chi connectivity index (χ3v) is 3.50. The Balaban J connectivity index is 2.26. The molecule has 0 radical (unpaired) electrons. The van der Waals surface area contributed by atoms with Gasteiger partial charge in [0.05, 0.1) is 12.8 Å². The second-order valence-corrected chi connectivity index (χ2v) is 6.22. The van der Waals surface area contributed by atoms with Crippen molar-refractivity contribution in [2.24, 2.45) is 4.99 Å². The Labute approximate surface area is 130 Å². The fourth-order valence-corrected chi connectivity index (χ4v) is 2.26. The van der Waals surface area contributed by atoms with Crippen molar-refractivity contribution >= 4 is 28.7 Å². The Bertz CT molecular complexity index is 683. The third kappa shape index (κ3) is 5.00. The Hall–Kier alpha value is -1.63. The maximum absolute atomic E-state index is 11.7. The molecule has 0 spiro atoms. The predicted octanol–water partition coefficient (Wildman–Crippen LogP) is 1.39. The summed E-state index contributed by atoms with van der Waals surface area (Å²) in [5.74, 6) is -0.470. The van der Waals surface area contributed by atoms with Crippen molar-refractivity contribution in [3.05, 3.63) is 58.9 Å². The summed E-state index contributed by atoms with van der Waals surface area (Å²) in [7, 11) is 0. The third-order valence-electron chi connectivity index (χ3n) is 2.62. The molecule has 1 atom stereocenters. The van der Waals surface area contributed by atoms with Gasteiger partial charge in [0, 0.05) is 12.4 Å². The van der Waals surface area contributed by atoms with Crippen molar-refractivity contribution in [2.75, 3.05) is 12.0 Å². The van der Waals surface area contributed by atoms with E-state index in [2.05, 4.69) is 9.98 Å². The number of hydrogen-bond acceptors (Lipinski definition) is 3. The lowest BCUT2D eigenvalue weighted by Crippen LogP contribution is -2.24. The van der Waals surface area contributed by atoms with Crippen molar-refractivity contribution in [3.8, 4) is 0 Å². The molecule has 0 fully saturated rings. The van der Waals surface area contributed by atoms with Crippen LogP contribution in [0, 0.1) is 0 Å². The van der Waals surface area contributed by atoms with Crippen LogP contribution < -0.4 is 5.49 Å². The molecule has 0 aliphatic heterocycles. The normalized spacial score (nSPS) is 13.2. The average Bonchev–Trinajstić information content (AvgIpc) is 2.42. The zero-order valence-corrected chi connectivity index (χ0v) is 13.0. The van der Waals surface area contributed by atoms with Gasteiger partial charge in [0.25, 0.3) is 5.91 Å². The van der Waals surface area contributed by atoms with Crippen molar-refractivity contribution in [1.82, 2.24) is 9.55 Å². The highest BCUT2D eigenvalue weighted by Gasteiger charge is 2.07. The summed E-state index contributed by atoms with van der Waals surface area (Å²) in [6.07, 6.45) is 4.98. The van der Waals surface area contributed by atoms with E-state index in [1.807, 2.05) is 22.9 Å². The monoisotopic (exact) mass is 323 g/mol. The first-order valence-electron chi connectivity index (χ1n) is 6.18. The van der Waals surface area contributed by atoms with Crippen LogP contribution in [0.1, 0.15) is 5.56 Å². The molecule has 2 aromatic rings. The zero-order chi connectivity index (χ0) is 15.2. The molecule has 0 N–H and O–H groups in total. The summed E-state index contributed by atoms with van der Waals surface area (Å²) in [4.78, 5) is 19.7. The molecule has 2 heterocycles. The van der Waals surface area contributed by atoms with Crippen LogP contribution in [0.2, 0.25) is 5.15 Å². The molecule has 0 aliphatic rings. The lowest BCUT2D eigenvalue weighted by molar-refractivity contribution is -0.115. The van der Waals surface area contributed by atoms with Gasteiger partial charge < -0.3 is 9.12 Å². The van der Waals surface area contributed by atoms with Crippen LogP contribution in [0.15, 0.2) is 47.7 Å². The first kappa shape index (κ1) is 15.8. The van der Waals surface area contributed by atoms with E-state index in [4.69, 9.17) is 11.6 Å². The van der Waals surface area contributed by atoms with E-state index in [1.54, 1.807) is 24.4 Å². The van der Waals surface area contributed by atoms with Crippen LogP contribution in [0.3, 0.4) is 0 Å². The first-order valence-corrected chi connectivity index (χ1v) is 8.28. The summed E-state index contributed by atoms with van der Waals surface area (Å²) >= 11 is 4.56. The number of carbonyl (C=O) groups excluding carboxylic acids is 1. The Kier molecular flexibility index (Phi) is 5.55. The molecule has 0 saturated heterocycles. The summed E-state index contributed by atoms with van der Waals surface area (Å²) < 4.78 is 12.9. The van der Waals surface area contributed by atoms with Crippen LogP contribution in [-0.2, 0) is 22.5 Å². The van der Waals surface area contributed by atoms with Crippen molar-refractivity contribution in [1.29, 1.82) is 0 Å². The minimum absolute atomic E-state index is 0.0720. The molecule has 5 nitrogen and oxygen atoms in total. The van der Waals surface area contributed by atoms with E-state index >= 15 is 0 Å². The van der Waals surface area contributed by atoms with Crippen molar-refractivity contribution < 1.29 is 9.35 Å². The largest absolute Gasteiger partial charge is 0.616 e. The predicted molar refractivity (Wildman–Crippen MR) is 82.3 cm³/mol. The molecular weight excluding hydrogens is 310 g/mol. The highest BCUT2D eigenvalue weighted by atomic mass is 35.5. The van der Waals surface area contributed by atoms with Gasteiger partial charge in [-0.2, -0.15) is 4.99 Å². The molecule has 0 bridgehead atoms. The van der Waals surface area contributed by atoms with Crippen LogP contribution in [0.25, 0.3) is 0 Å². The van der Waals surface area contributed by atoms with Gasteiger partial charge in [-0.3, -0.25) is 4.79 Å². The molecule has 1 amide bonds. The number of carbonyl (C=O) groups is 1. The molecule has 110 valence electrons. The molecule has 1 unspecified atom stereocenters. The van der Waals surface area contributed by atoms with Crippen LogP contribution >= 0.6 is 11.6 Å². The summed E-state index contributed by atoms with van der Waals surface area (Å²) in [6, 6.07) is 8.96. The topological polar surface area (TPSA) is 70.3 Å². The van der Waals surface area contributed by atoms with Crippen LogP contribution in [-0.4, -0.2) is 32.0 Å². The Morgan fingerprint density at radius 3 is 2.90 bits per heavy atom. The van der Waals surface area contributed by atoms with E-state index in [1.165, 1.54) is 6.26 Å². The lowest BCUT2D eigenvalue weighted by atomic mass is 10.3. The van der Waals surface area contributed by atoms with Gasteiger partial charge in [-0.1, -0.05) is 23.7 Å². The lowest BCUT2D eigenvalue weighted by Gasteiger charge is -2.07. The SMILES string of the molecule is C[S+]([O-])CC(=O)/N=c1\ccccn1Cc1ccc(Cl)nc1. The van der Waals surface area contributed by atoms with E-state index in [-0.39, 0.29) is 5.75 Å². The summed E-state index contributed by atoms with van der Waals surface area (Å²) in [6.45, 7) is 0.520. The second kappa shape index (κ2) is 7.40. The zero-order valence-electron chi connectivity index (χ0n) is 11.4. The number of aromatic nitrogens is 2. The molecule has 0 aromatic carbocycles. The summed E-state index contributed by atoms with van der Waals surface area (Å²) in [5.41, 5.74) is 1.46. The fraction of sp³-hybridized carbons (Fsp3) is 0.214. The smallest absolute Gasteiger partial charge is 0.297 e. The van der Waals surface area contributed by atoms with Crippen molar-refractivity contribution in [3.63, 3.8) is 0 Å². The minimum Gasteiger partial charge on any atom is -0.616 e. The number of pyridine rings is 2. The highest BCUT2D eigenvalue weighted by molar-refractivity contribution is 7.91. The molecule has 2 rings (SSSR count). The number of rotatable bonds is 4. The van der Waals surface area contributed by atoms with Gasteiger partial charge in [-0.15, -0.1) is 0 Å². The van der Waals surface area contributed by atoms with Gasteiger partial charge >= 0.3 is 0 Å². The second-order valence-electron chi connectivity index (χ2n) is 4.40. The number of nitrogens with zero attached hydrogens (tertiary/aromatic N) is 3.